The van der Waals surface area contributed by atoms with E-state index in [2.05, 4.69) is 15.3 Å². The SMILES string of the molecule is CCOCC(=O)Nc1cn2cc(-c3cnc(N)c(C(F)(F)F)c3)ccc2n1. The van der Waals surface area contributed by atoms with Crippen LogP contribution in [0.25, 0.3) is 16.8 Å². The summed E-state index contributed by atoms with van der Waals surface area (Å²) >= 11 is 0. The molecule has 1 amide bonds. The molecule has 27 heavy (non-hydrogen) atoms. The van der Waals surface area contributed by atoms with E-state index in [0.29, 0.717) is 23.6 Å². The molecule has 0 spiro atoms. The lowest BCUT2D eigenvalue weighted by Crippen LogP contribution is -2.18. The molecule has 3 N–H and O–H groups in total. The third kappa shape index (κ3) is 4.17. The third-order valence-corrected chi connectivity index (χ3v) is 3.71. The van der Waals surface area contributed by atoms with Gasteiger partial charge in [0.25, 0.3) is 5.91 Å². The van der Waals surface area contributed by atoms with Crippen LogP contribution in [0.5, 0.6) is 0 Å². The zero-order chi connectivity index (χ0) is 19.6. The van der Waals surface area contributed by atoms with Gasteiger partial charge in [0.05, 0.1) is 11.8 Å². The van der Waals surface area contributed by atoms with Crippen LogP contribution < -0.4 is 11.1 Å². The fourth-order valence-corrected chi connectivity index (χ4v) is 2.46. The largest absolute Gasteiger partial charge is 0.419 e. The maximum Gasteiger partial charge on any atom is 0.419 e. The minimum atomic E-state index is -4.59. The van der Waals surface area contributed by atoms with E-state index in [0.717, 1.165) is 6.07 Å². The molecule has 0 aliphatic heterocycles. The summed E-state index contributed by atoms with van der Waals surface area (Å²) in [5.74, 6) is -0.615. The highest BCUT2D eigenvalue weighted by atomic mass is 19.4. The van der Waals surface area contributed by atoms with Gasteiger partial charge in [-0.25, -0.2) is 9.97 Å². The molecule has 0 atom stereocenters. The van der Waals surface area contributed by atoms with Gasteiger partial charge in [0.2, 0.25) is 0 Å². The summed E-state index contributed by atoms with van der Waals surface area (Å²) in [6, 6.07) is 4.18. The van der Waals surface area contributed by atoms with E-state index >= 15 is 0 Å². The Labute approximate surface area is 152 Å². The molecule has 7 nitrogen and oxygen atoms in total. The average Bonchev–Trinajstić information content (AvgIpc) is 3.00. The second-order valence-corrected chi connectivity index (χ2v) is 5.65. The summed E-state index contributed by atoms with van der Waals surface area (Å²) in [4.78, 5) is 19.6. The zero-order valence-electron chi connectivity index (χ0n) is 14.2. The van der Waals surface area contributed by atoms with Crippen molar-refractivity contribution in [2.24, 2.45) is 0 Å². The van der Waals surface area contributed by atoms with Crippen molar-refractivity contribution in [3.05, 3.63) is 42.4 Å². The number of ether oxygens (including phenoxy) is 1. The molecular formula is C17H16F3N5O2. The molecule has 0 unspecified atom stereocenters. The molecule has 0 aliphatic carbocycles. The number of anilines is 2. The Bertz CT molecular complexity index is 984. The van der Waals surface area contributed by atoms with Crippen molar-refractivity contribution in [2.75, 3.05) is 24.3 Å². The van der Waals surface area contributed by atoms with Crippen LogP contribution in [-0.2, 0) is 15.7 Å². The van der Waals surface area contributed by atoms with Crippen molar-refractivity contribution in [3.8, 4) is 11.1 Å². The predicted octanol–water partition coefficient (Wildman–Crippen LogP) is 2.97. The van der Waals surface area contributed by atoms with E-state index in [9.17, 15) is 18.0 Å². The smallest absolute Gasteiger partial charge is 0.383 e. The lowest BCUT2D eigenvalue weighted by Gasteiger charge is -2.11. The molecule has 3 aromatic rings. The molecular weight excluding hydrogens is 363 g/mol. The second kappa shape index (κ2) is 7.23. The van der Waals surface area contributed by atoms with Crippen LogP contribution in [0.4, 0.5) is 24.8 Å². The zero-order valence-corrected chi connectivity index (χ0v) is 14.2. The summed E-state index contributed by atoms with van der Waals surface area (Å²) in [5.41, 5.74) is 5.61. The van der Waals surface area contributed by atoms with E-state index in [4.69, 9.17) is 10.5 Å². The van der Waals surface area contributed by atoms with E-state index in [1.165, 1.54) is 6.20 Å². The van der Waals surface area contributed by atoms with Gasteiger partial charge in [-0.15, -0.1) is 0 Å². The van der Waals surface area contributed by atoms with Gasteiger partial charge in [0.1, 0.15) is 18.1 Å². The lowest BCUT2D eigenvalue weighted by atomic mass is 10.1. The fraction of sp³-hybridized carbons (Fsp3) is 0.235. The number of pyridine rings is 2. The van der Waals surface area contributed by atoms with Gasteiger partial charge in [-0.3, -0.25) is 4.79 Å². The highest BCUT2D eigenvalue weighted by Crippen LogP contribution is 2.35. The Hall–Kier alpha value is -3.14. The molecule has 0 aromatic carbocycles. The number of imidazole rings is 1. The van der Waals surface area contributed by atoms with Crippen LogP contribution in [0.15, 0.2) is 36.8 Å². The molecule has 0 saturated carbocycles. The standard InChI is InChI=1S/C17H16F3N5O2/c1-2-27-9-15(26)24-13-8-25-7-10(3-4-14(25)23-13)11-5-12(17(18,19)20)16(21)22-6-11/h3-8H,2,9H2,1H3,(H2,21,22)(H,24,26). The Morgan fingerprint density at radius 1 is 1.30 bits per heavy atom. The van der Waals surface area contributed by atoms with Crippen LogP contribution >= 0.6 is 0 Å². The van der Waals surface area contributed by atoms with Crippen LogP contribution in [0.1, 0.15) is 12.5 Å². The molecule has 142 valence electrons. The number of hydrogen-bond acceptors (Lipinski definition) is 5. The average molecular weight is 379 g/mol. The van der Waals surface area contributed by atoms with Gasteiger partial charge < -0.3 is 20.2 Å². The molecule has 3 aromatic heterocycles. The minimum Gasteiger partial charge on any atom is -0.383 e. The van der Waals surface area contributed by atoms with Crippen molar-refractivity contribution in [2.45, 2.75) is 13.1 Å². The first-order valence-corrected chi connectivity index (χ1v) is 7.97. The summed E-state index contributed by atoms with van der Waals surface area (Å²) < 4.78 is 45.7. The first kappa shape index (κ1) is 18.6. The Kier molecular flexibility index (Phi) is 5.00. The molecule has 3 rings (SSSR count). The van der Waals surface area contributed by atoms with E-state index in [1.54, 1.807) is 35.9 Å². The number of halogens is 3. The van der Waals surface area contributed by atoms with E-state index < -0.39 is 17.6 Å². The first-order valence-electron chi connectivity index (χ1n) is 7.97. The number of carbonyl (C=O) groups excluding carboxylic acids is 1. The number of fused-ring (bicyclic) bond motifs is 1. The van der Waals surface area contributed by atoms with Gasteiger partial charge in [-0.2, -0.15) is 13.2 Å². The number of nitrogen functional groups attached to an aromatic ring is 1. The van der Waals surface area contributed by atoms with E-state index in [-0.39, 0.29) is 18.1 Å². The second-order valence-electron chi connectivity index (χ2n) is 5.65. The first-order chi connectivity index (χ1) is 12.8. The van der Waals surface area contributed by atoms with Crippen molar-refractivity contribution in [3.63, 3.8) is 0 Å². The monoisotopic (exact) mass is 379 g/mol. The number of hydrogen-bond donors (Lipinski definition) is 2. The number of nitrogens with zero attached hydrogens (tertiary/aromatic N) is 3. The Morgan fingerprint density at radius 2 is 2.07 bits per heavy atom. The molecule has 0 bridgehead atoms. The summed E-state index contributed by atoms with van der Waals surface area (Å²) in [6.45, 7) is 2.10. The molecule has 10 heteroatoms. The minimum absolute atomic E-state index is 0.0903. The highest BCUT2D eigenvalue weighted by molar-refractivity contribution is 5.91. The number of nitrogens with two attached hydrogens (primary N) is 1. The van der Waals surface area contributed by atoms with Gasteiger partial charge in [0, 0.05) is 30.1 Å². The number of rotatable bonds is 5. The van der Waals surface area contributed by atoms with Crippen LogP contribution in [0.3, 0.4) is 0 Å². The maximum absolute atomic E-state index is 13.0. The maximum atomic E-state index is 13.0. The van der Waals surface area contributed by atoms with Crippen LogP contribution in [-0.4, -0.2) is 33.5 Å². The van der Waals surface area contributed by atoms with Gasteiger partial charge in [-0.05, 0) is 25.1 Å². The molecule has 0 radical (unpaired) electrons. The van der Waals surface area contributed by atoms with Crippen LogP contribution in [0, 0.1) is 0 Å². The number of aromatic nitrogens is 3. The number of amides is 1. The topological polar surface area (TPSA) is 94.5 Å². The predicted molar refractivity (Wildman–Crippen MR) is 93.0 cm³/mol. The summed E-state index contributed by atoms with van der Waals surface area (Å²) in [6.07, 6.45) is -0.177. The number of alkyl halides is 3. The Balaban J connectivity index is 1.90. The normalized spacial score (nSPS) is 11.7. The van der Waals surface area contributed by atoms with Crippen molar-refractivity contribution in [1.82, 2.24) is 14.4 Å². The Morgan fingerprint density at radius 3 is 2.78 bits per heavy atom. The fourth-order valence-electron chi connectivity index (χ4n) is 2.46. The molecule has 0 aliphatic rings. The third-order valence-electron chi connectivity index (χ3n) is 3.71. The lowest BCUT2D eigenvalue weighted by molar-refractivity contribution is -0.137. The molecule has 0 saturated heterocycles. The summed E-state index contributed by atoms with van der Waals surface area (Å²) in [7, 11) is 0. The number of carbonyl (C=O) groups is 1. The van der Waals surface area contributed by atoms with Gasteiger partial charge in [0.15, 0.2) is 5.82 Å². The van der Waals surface area contributed by atoms with Crippen molar-refractivity contribution >= 4 is 23.2 Å². The van der Waals surface area contributed by atoms with Crippen molar-refractivity contribution in [1.29, 1.82) is 0 Å². The molecule has 0 fully saturated rings. The van der Waals surface area contributed by atoms with Crippen LogP contribution in [0.2, 0.25) is 0 Å². The van der Waals surface area contributed by atoms with Crippen molar-refractivity contribution < 1.29 is 22.7 Å². The summed E-state index contributed by atoms with van der Waals surface area (Å²) in [5, 5.41) is 2.59. The van der Waals surface area contributed by atoms with E-state index in [1.807, 2.05) is 0 Å². The highest BCUT2D eigenvalue weighted by Gasteiger charge is 2.34. The van der Waals surface area contributed by atoms with Gasteiger partial charge in [-0.1, -0.05) is 0 Å². The van der Waals surface area contributed by atoms with Gasteiger partial charge >= 0.3 is 6.18 Å². The molecule has 3 heterocycles. The number of nitrogens with one attached hydrogen (secondary N) is 1. The quantitative estimate of drug-likeness (QED) is 0.711.